The van der Waals surface area contributed by atoms with Gasteiger partial charge in [0.25, 0.3) is 0 Å². The van der Waals surface area contributed by atoms with Gasteiger partial charge in [0.05, 0.1) is 6.04 Å². The molecule has 2 aromatic rings. The molecule has 1 aliphatic rings. The minimum absolute atomic E-state index is 0.239. The normalized spacial score (nSPS) is 15.8. The molecule has 2 heteroatoms. The largest absolute Gasteiger partial charge is 0.366 e. The third-order valence-corrected chi connectivity index (χ3v) is 4.56. The highest BCUT2D eigenvalue weighted by atomic mass is 15.1. The van der Waals surface area contributed by atoms with Crippen LogP contribution in [0.25, 0.3) is 0 Å². The maximum absolute atomic E-state index is 6.14. The Balaban J connectivity index is 1.97. The first-order valence-electron chi connectivity index (χ1n) is 7.79. The molecule has 1 atom stereocenters. The second kappa shape index (κ2) is 5.90. The molecule has 0 heterocycles. The van der Waals surface area contributed by atoms with Crippen LogP contribution in [0.1, 0.15) is 41.5 Å². The first-order valence-corrected chi connectivity index (χ1v) is 7.79. The van der Waals surface area contributed by atoms with Crippen LogP contribution in [0, 0.1) is 6.92 Å². The fourth-order valence-electron chi connectivity index (χ4n) is 3.20. The molecule has 0 bridgehead atoms. The van der Waals surface area contributed by atoms with Gasteiger partial charge >= 0.3 is 0 Å². The SMILES string of the molecule is Cc1ccccc1N(C)C(CN)c1ccccc1C1CC1. The van der Waals surface area contributed by atoms with Crippen LogP contribution >= 0.6 is 0 Å². The van der Waals surface area contributed by atoms with Gasteiger partial charge in [0, 0.05) is 19.3 Å². The van der Waals surface area contributed by atoms with E-state index in [0.29, 0.717) is 6.54 Å². The molecule has 0 aliphatic heterocycles. The van der Waals surface area contributed by atoms with E-state index in [1.54, 1.807) is 0 Å². The summed E-state index contributed by atoms with van der Waals surface area (Å²) in [6.45, 7) is 2.79. The Hall–Kier alpha value is -1.80. The van der Waals surface area contributed by atoms with Crippen molar-refractivity contribution in [2.24, 2.45) is 5.73 Å². The van der Waals surface area contributed by atoms with Gasteiger partial charge < -0.3 is 10.6 Å². The molecule has 1 fully saturated rings. The Bertz CT molecular complexity index is 616. The number of anilines is 1. The zero-order valence-corrected chi connectivity index (χ0v) is 12.9. The molecule has 2 N–H and O–H groups in total. The zero-order valence-electron chi connectivity index (χ0n) is 12.9. The standard InChI is InChI=1S/C19H24N2/c1-14-7-3-6-10-18(14)21(2)19(13-20)17-9-5-4-8-16(17)15-11-12-15/h3-10,15,19H,11-13,20H2,1-2H3. The van der Waals surface area contributed by atoms with E-state index >= 15 is 0 Å². The molecule has 0 radical (unpaired) electrons. The highest BCUT2D eigenvalue weighted by Crippen LogP contribution is 2.44. The number of hydrogen-bond donors (Lipinski definition) is 1. The summed E-state index contributed by atoms with van der Waals surface area (Å²) in [5.74, 6) is 0.750. The Morgan fingerprint density at radius 1 is 1.10 bits per heavy atom. The summed E-state index contributed by atoms with van der Waals surface area (Å²) in [5.41, 5.74) is 11.6. The second-order valence-corrected chi connectivity index (χ2v) is 6.05. The number of benzene rings is 2. The van der Waals surface area contributed by atoms with Crippen LogP contribution in [0.3, 0.4) is 0 Å². The molecule has 1 aliphatic carbocycles. The van der Waals surface area contributed by atoms with E-state index in [-0.39, 0.29) is 6.04 Å². The molecule has 2 nitrogen and oxygen atoms in total. The van der Waals surface area contributed by atoms with Crippen molar-refractivity contribution < 1.29 is 0 Å². The van der Waals surface area contributed by atoms with Gasteiger partial charge in [-0.2, -0.15) is 0 Å². The lowest BCUT2D eigenvalue weighted by Crippen LogP contribution is -2.31. The van der Waals surface area contributed by atoms with Gasteiger partial charge in [-0.1, -0.05) is 42.5 Å². The molecule has 3 rings (SSSR count). The van der Waals surface area contributed by atoms with Crippen molar-refractivity contribution in [3.05, 3.63) is 65.2 Å². The lowest BCUT2D eigenvalue weighted by atomic mass is 9.95. The fourth-order valence-corrected chi connectivity index (χ4v) is 3.20. The van der Waals surface area contributed by atoms with Crippen LogP contribution in [0.5, 0.6) is 0 Å². The van der Waals surface area contributed by atoms with E-state index in [2.05, 4.69) is 67.4 Å². The Labute approximate surface area is 127 Å². The number of aryl methyl sites for hydroxylation is 1. The first-order chi connectivity index (χ1) is 10.2. The lowest BCUT2D eigenvalue weighted by molar-refractivity contribution is 0.671. The average molecular weight is 280 g/mol. The topological polar surface area (TPSA) is 29.3 Å². The van der Waals surface area contributed by atoms with Crippen LogP contribution in [0.4, 0.5) is 5.69 Å². The van der Waals surface area contributed by atoms with Gasteiger partial charge in [0.1, 0.15) is 0 Å². The number of hydrogen-bond acceptors (Lipinski definition) is 2. The van der Waals surface area contributed by atoms with Crippen molar-refractivity contribution in [3.63, 3.8) is 0 Å². The lowest BCUT2D eigenvalue weighted by Gasteiger charge is -2.32. The Kier molecular flexibility index (Phi) is 3.98. The maximum Gasteiger partial charge on any atom is 0.0664 e. The number of para-hydroxylation sites is 1. The van der Waals surface area contributed by atoms with Gasteiger partial charge in [-0.25, -0.2) is 0 Å². The van der Waals surface area contributed by atoms with Crippen molar-refractivity contribution in [2.45, 2.75) is 31.7 Å². The summed E-state index contributed by atoms with van der Waals surface area (Å²) in [6, 6.07) is 17.6. The summed E-state index contributed by atoms with van der Waals surface area (Å²) in [4.78, 5) is 2.33. The third-order valence-electron chi connectivity index (χ3n) is 4.56. The van der Waals surface area contributed by atoms with E-state index in [1.165, 1.54) is 35.2 Å². The van der Waals surface area contributed by atoms with E-state index in [9.17, 15) is 0 Å². The van der Waals surface area contributed by atoms with Crippen LogP contribution in [-0.2, 0) is 0 Å². The fraction of sp³-hybridized carbons (Fsp3) is 0.368. The predicted octanol–water partition coefficient (Wildman–Crippen LogP) is 4.01. The molecule has 0 amide bonds. The van der Waals surface area contributed by atoms with Gasteiger partial charge in [-0.05, 0) is 48.4 Å². The predicted molar refractivity (Wildman–Crippen MR) is 89.8 cm³/mol. The summed E-state index contributed by atoms with van der Waals surface area (Å²) in [6.07, 6.45) is 2.64. The molecule has 0 aromatic heterocycles. The van der Waals surface area contributed by atoms with Crippen molar-refractivity contribution in [3.8, 4) is 0 Å². The summed E-state index contributed by atoms with van der Waals surface area (Å²) in [7, 11) is 2.16. The summed E-state index contributed by atoms with van der Waals surface area (Å²) < 4.78 is 0. The molecule has 0 saturated heterocycles. The molecular formula is C19H24N2. The number of rotatable bonds is 5. The van der Waals surface area contributed by atoms with Crippen molar-refractivity contribution >= 4 is 5.69 Å². The van der Waals surface area contributed by atoms with Crippen LogP contribution in [-0.4, -0.2) is 13.6 Å². The maximum atomic E-state index is 6.14. The minimum atomic E-state index is 0.239. The second-order valence-electron chi connectivity index (χ2n) is 6.05. The van der Waals surface area contributed by atoms with Crippen molar-refractivity contribution in [1.29, 1.82) is 0 Å². The van der Waals surface area contributed by atoms with Gasteiger partial charge in [0.2, 0.25) is 0 Å². The molecular weight excluding hydrogens is 256 g/mol. The molecule has 110 valence electrons. The molecule has 1 saturated carbocycles. The molecule has 1 unspecified atom stereocenters. The summed E-state index contributed by atoms with van der Waals surface area (Å²) in [5, 5.41) is 0. The Morgan fingerprint density at radius 2 is 1.76 bits per heavy atom. The molecule has 0 spiro atoms. The van der Waals surface area contributed by atoms with Crippen molar-refractivity contribution in [2.75, 3.05) is 18.5 Å². The average Bonchev–Trinajstić information content (AvgIpc) is 3.33. The van der Waals surface area contributed by atoms with Crippen molar-refractivity contribution in [1.82, 2.24) is 0 Å². The Morgan fingerprint density at radius 3 is 2.43 bits per heavy atom. The van der Waals surface area contributed by atoms with Gasteiger partial charge in [0.15, 0.2) is 0 Å². The van der Waals surface area contributed by atoms with Crippen LogP contribution in [0.2, 0.25) is 0 Å². The minimum Gasteiger partial charge on any atom is -0.366 e. The van der Waals surface area contributed by atoms with E-state index in [4.69, 9.17) is 5.73 Å². The van der Waals surface area contributed by atoms with Gasteiger partial charge in [-0.15, -0.1) is 0 Å². The number of nitrogens with zero attached hydrogens (tertiary/aromatic N) is 1. The number of nitrogens with two attached hydrogens (primary N) is 1. The highest BCUT2D eigenvalue weighted by Gasteiger charge is 2.29. The summed E-state index contributed by atoms with van der Waals surface area (Å²) >= 11 is 0. The quantitative estimate of drug-likeness (QED) is 0.896. The highest BCUT2D eigenvalue weighted by molar-refractivity contribution is 5.55. The zero-order chi connectivity index (χ0) is 14.8. The van der Waals surface area contributed by atoms with E-state index in [0.717, 1.165) is 5.92 Å². The van der Waals surface area contributed by atoms with Crippen LogP contribution < -0.4 is 10.6 Å². The first kappa shape index (κ1) is 14.2. The number of likely N-dealkylation sites (N-methyl/N-ethyl adjacent to an activating group) is 1. The molecule has 2 aromatic carbocycles. The molecule has 21 heavy (non-hydrogen) atoms. The van der Waals surface area contributed by atoms with E-state index < -0.39 is 0 Å². The van der Waals surface area contributed by atoms with Crippen LogP contribution in [0.15, 0.2) is 48.5 Å². The van der Waals surface area contributed by atoms with Gasteiger partial charge in [-0.3, -0.25) is 0 Å². The smallest absolute Gasteiger partial charge is 0.0664 e. The van der Waals surface area contributed by atoms with E-state index in [1.807, 2.05) is 0 Å². The monoisotopic (exact) mass is 280 g/mol. The third kappa shape index (κ3) is 2.81.